The molecule has 0 aromatic heterocycles. The van der Waals surface area contributed by atoms with Crippen LogP contribution in [-0.4, -0.2) is 53.5 Å². The molecule has 5 heteroatoms. The summed E-state index contributed by atoms with van der Waals surface area (Å²) in [5, 5.41) is 13.1. The van der Waals surface area contributed by atoms with Gasteiger partial charge >= 0.3 is 6.09 Å². The van der Waals surface area contributed by atoms with Gasteiger partial charge in [-0.2, -0.15) is 0 Å². The van der Waals surface area contributed by atoms with Gasteiger partial charge < -0.3 is 20.1 Å². The van der Waals surface area contributed by atoms with Crippen molar-refractivity contribution in [2.75, 3.05) is 19.6 Å². The summed E-state index contributed by atoms with van der Waals surface area (Å²) in [6.45, 7) is 11.0. The number of carbonyl (C=O) groups is 1. The van der Waals surface area contributed by atoms with Crippen LogP contribution in [0.5, 0.6) is 0 Å². The molecule has 0 aromatic carbocycles. The van der Waals surface area contributed by atoms with Gasteiger partial charge in [-0.15, -0.1) is 0 Å². The molecule has 0 saturated heterocycles. The maximum Gasteiger partial charge on any atom is 0.410 e. The summed E-state index contributed by atoms with van der Waals surface area (Å²) < 4.78 is 5.39. The quantitative estimate of drug-likeness (QED) is 0.722. The molecule has 1 aliphatic carbocycles. The Balaban J connectivity index is 2.43. The summed E-state index contributed by atoms with van der Waals surface area (Å²) in [7, 11) is 0. The molecule has 124 valence electrons. The highest BCUT2D eigenvalue weighted by Gasteiger charge is 2.29. The number of hydrogen-bond acceptors (Lipinski definition) is 4. The lowest BCUT2D eigenvalue weighted by molar-refractivity contribution is 0.0162. The Kier molecular flexibility index (Phi) is 6.94. The Morgan fingerprint density at radius 1 is 1.43 bits per heavy atom. The summed E-state index contributed by atoms with van der Waals surface area (Å²) in [5.74, 6) is 0.807. The monoisotopic (exact) mass is 300 g/mol. The molecule has 1 saturated carbocycles. The summed E-state index contributed by atoms with van der Waals surface area (Å²) in [6, 6.07) is 0.553. The summed E-state index contributed by atoms with van der Waals surface area (Å²) in [5.41, 5.74) is -0.512. The SMILES string of the molecule is CCC(NCCN(CC(C)O)C(=O)OC(C)(C)C)C1CC1. The van der Waals surface area contributed by atoms with Crippen LogP contribution < -0.4 is 5.32 Å². The maximum atomic E-state index is 12.2. The number of rotatable bonds is 8. The van der Waals surface area contributed by atoms with Gasteiger partial charge in [0.2, 0.25) is 0 Å². The zero-order valence-corrected chi connectivity index (χ0v) is 14.2. The Morgan fingerprint density at radius 2 is 2.05 bits per heavy atom. The lowest BCUT2D eigenvalue weighted by atomic mass is 10.1. The molecule has 2 atom stereocenters. The standard InChI is InChI=1S/C16H32N2O3/c1-6-14(13-7-8-13)17-9-10-18(11-12(2)19)15(20)21-16(3,4)5/h12-14,17,19H,6-11H2,1-5H3. The van der Waals surface area contributed by atoms with Crippen molar-refractivity contribution in [2.24, 2.45) is 5.92 Å². The normalized spacial score (nSPS) is 18.2. The van der Waals surface area contributed by atoms with Crippen molar-refractivity contribution in [2.45, 2.75) is 71.6 Å². The minimum Gasteiger partial charge on any atom is -0.444 e. The van der Waals surface area contributed by atoms with E-state index < -0.39 is 11.7 Å². The molecular weight excluding hydrogens is 268 g/mol. The topological polar surface area (TPSA) is 61.8 Å². The minimum atomic E-state index is -0.553. The fourth-order valence-electron chi connectivity index (χ4n) is 2.43. The molecule has 21 heavy (non-hydrogen) atoms. The van der Waals surface area contributed by atoms with Crippen molar-refractivity contribution in [3.8, 4) is 0 Å². The molecule has 1 fully saturated rings. The molecule has 0 heterocycles. The van der Waals surface area contributed by atoms with Crippen LogP contribution in [0.1, 0.15) is 53.9 Å². The van der Waals surface area contributed by atoms with E-state index in [0.717, 1.165) is 18.9 Å². The van der Waals surface area contributed by atoms with Gasteiger partial charge in [-0.3, -0.25) is 0 Å². The first-order valence-electron chi connectivity index (χ1n) is 8.12. The zero-order chi connectivity index (χ0) is 16.0. The van der Waals surface area contributed by atoms with E-state index in [2.05, 4.69) is 12.2 Å². The predicted octanol–water partition coefficient (Wildman–Crippen LogP) is 2.38. The number of aliphatic hydroxyl groups excluding tert-OH is 1. The first-order chi connectivity index (χ1) is 9.73. The number of carbonyl (C=O) groups excluding carboxylic acids is 1. The molecule has 2 N–H and O–H groups in total. The number of hydrogen-bond donors (Lipinski definition) is 2. The molecule has 2 unspecified atom stereocenters. The summed E-state index contributed by atoms with van der Waals surface area (Å²) >= 11 is 0. The van der Waals surface area contributed by atoms with Crippen LogP contribution in [0, 0.1) is 5.92 Å². The van der Waals surface area contributed by atoms with Crippen LogP contribution in [0.3, 0.4) is 0 Å². The Bertz CT molecular complexity index is 322. The van der Waals surface area contributed by atoms with E-state index in [4.69, 9.17) is 4.74 Å². The fraction of sp³-hybridized carbons (Fsp3) is 0.938. The van der Waals surface area contributed by atoms with Gasteiger partial charge in [-0.05, 0) is 52.9 Å². The first kappa shape index (κ1) is 18.2. The van der Waals surface area contributed by atoms with Crippen molar-refractivity contribution in [1.82, 2.24) is 10.2 Å². The molecule has 0 spiro atoms. The van der Waals surface area contributed by atoms with Gasteiger partial charge in [0, 0.05) is 25.7 Å². The molecule has 0 bridgehead atoms. The average molecular weight is 300 g/mol. The van der Waals surface area contributed by atoms with E-state index in [1.807, 2.05) is 20.8 Å². The van der Waals surface area contributed by atoms with Crippen LogP contribution in [0.4, 0.5) is 4.79 Å². The Morgan fingerprint density at radius 3 is 2.48 bits per heavy atom. The van der Waals surface area contributed by atoms with Crippen molar-refractivity contribution in [3.63, 3.8) is 0 Å². The van der Waals surface area contributed by atoms with E-state index >= 15 is 0 Å². The van der Waals surface area contributed by atoms with E-state index in [0.29, 0.717) is 19.1 Å². The van der Waals surface area contributed by atoms with Gasteiger partial charge in [0.05, 0.1) is 6.10 Å². The summed E-state index contributed by atoms with van der Waals surface area (Å²) in [6.07, 6.45) is 2.84. The third-order valence-corrected chi connectivity index (χ3v) is 3.56. The van der Waals surface area contributed by atoms with E-state index in [9.17, 15) is 9.90 Å². The molecule has 0 aliphatic heterocycles. The largest absolute Gasteiger partial charge is 0.444 e. The summed E-state index contributed by atoms with van der Waals surface area (Å²) in [4.78, 5) is 13.7. The second-order valence-corrected chi connectivity index (χ2v) is 7.08. The lowest BCUT2D eigenvalue weighted by Crippen LogP contribution is -2.45. The molecule has 1 rings (SSSR count). The Hall–Kier alpha value is -0.810. The zero-order valence-electron chi connectivity index (χ0n) is 14.2. The predicted molar refractivity (Wildman–Crippen MR) is 84.3 cm³/mol. The van der Waals surface area contributed by atoms with Gasteiger partial charge in [0.1, 0.15) is 5.60 Å². The van der Waals surface area contributed by atoms with Crippen LogP contribution in [0.25, 0.3) is 0 Å². The van der Waals surface area contributed by atoms with E-state index in [1.54, 1.807) is 11.8 Å². The number of nitrogens with one attached hydrogen (secondary N) is 1. The van der Waals surface area contributed by atoms with E-state index in [1.165, 1.54) is 12.8 Å². The molecular formula is C16H32N2O3. The Labute approximate surface area is 129 Å². The van der Waals surface area contributed by atoms with Crippen molar-refractivity contribution < 1.29 is 14.6 Å². The van der Waals surface area contributed by atoms with Crippen molar-refractivity contribution >= 4 is 6.09 Å². The lowest BCUT2D eigenvalue weighted by Gasteiger charge is -2.29. The van der Waals surface area contributed by atoms with Gasteiger partial charge in [-0.25, -0.2) is 4.79 Å². The van der Waals surface area contributed by atoms with Crippen LogP contribution in [0.2, 0.25) is 0 Å². The number of nitrogens with zero attached hydrogens (tertiary/aromatic N) is 1. The van der Waals surface area contributed by atoms with Gasteiger partial charge in [0.25, 0.3) is 0 Å². The third-order valence-electron chi connectivity index (χ3n) is 3.56. The number of aliphatic hydroxyl groups is 1. The number of amides is 1. The van der Waals surface area contributed by atoms with Crippen LogP contribution in [0.15, 0.2) is 0 Å². The van der Waals surface area contributed by atoms with Crippen LogP contribution >= 0.6 is 0 Å². The van der Waals surface area contributed by atoms with Crippen molar-refractivity contribution in [3.05, 3.63) is 0 Å². The maximum absolute atomic E-state index is 12.2. The third kappa shape index (κ3) is 7.67. The van der Waals surface area contributed by atoms with Gasteiger partial charge in [-0.1, -0.05) is 6.92 Å². The van der Waals surface area contributed by atoms with Crippen molar-refractivity contribution in [1.29, 1.82) is 0 Å². The first-order valence-corrected chi connectivity index (χ1v) is 8.12. The van der Waals surface area contributed by atoms with Crippen LogP contribution in [-0.2, 0) is 4.74 Å². The molecule has 1 aliphatic rings. The second-order valence-electron chi connectivity index (χ2n) is 7.08. The molecule has 0 aromatic rings. The second kappa shape index (κ2) is 7.99. The average Bonchev–Trinajstić information content (AvgIpc) is 3.14. The molecule has 0 radical (unpaired) electrons. The molecule has 1 amide bonds. The number of ether oxygens (including phenoxy) is 1. The molecule has 5 nitrogen and oxygen atoms in total. The van der Waals surface area contributed by atoms with Gasteiger partial charge in [0.15, 0.2) is 0 Å². The fourth-order valence-corrected chi connectivity index (χ4v) is 2.43. The highest BCUT2D eigenvalue weighted by atomic mass is 16.6. The minimum absolute atomic E-state index is 0.302. The highest BCUT2D eigenvalue weighted by molar-refractivity contribution is 5.68. The highest BCUT2D eigenvalue weighted by Crippen LogP contribution is 2.33. The smallest absolute Gasteiger partial charge is 0.410 e. The van der Waals surface area contributed by atoms with E-state index in [-0.39, 0.29) is 6.09 Å².